The topological polar surface area (TPSA) is 69.1 Å². The highest BCUT2D eigenvalue weighted by Crippen LogP contribution is 2.21. The lowest BCUT2D eigenvalue weighted by Gasteiger charge is -2.09. The van der Waals surface area contributed by atoms with Crippen LogP contribution in [-0.4, -0.2) is 5.78 Å². The summed E-state index contributed by atoms with van der Waals surface area (Å²) in [6.45, 7) is 3.79. The number of nitrogen functional groups attached to an aromatic ring is 2. The summed E-state index contributed by atoms with van der Waals surface area (Å²) >= 11 is 0. The van der Waals surface area contributed by atoms with Gasteiger partial charge < -0.3 is 11.5 Å². The van der Waals surface area contributed by atoms with Crippen LogP contribution in [0.1, 0.15) is 27.0 Å². The van der Waals surface area contributed by atoms with Crippen LogP contribution in [0.2, 0.25) is 0 Å². The maximum Gasteiger partial charge on any atom is 0.193 e. The number of rotatable bonds is 2. The number of anilines is 2. The number of hydrogen-bond donors (Lipinski definition) is 2. The number of nitrogens with two attached hydrogens (primary N) is 2. The van der Waals surface area contributed by atoms with E-state index in [0.717, 1.165) is 11.1 Å². The number of carbonyl (C=O) groups is 1. The van der Waals surface area contributed by atoms with E-state index in [1.165, 1.54) is 0 Å². The largest absolute Gasteiger partial charge is 0.399 e. The SMILES string of the molecule is Cc1ccc(N)cc1C(=O)c1cc(N)ccc1C. The summed E-state index contributed by atoms with van der Waals surface area (Å²) in [7, 11) is 0. The molecule has 0 bridgehead atoms. The first-order chi connectivity index (χ1) is 8.49. The zero-order valence-corrected chi connectivity index (χ0v) is 10.5. The van der Waals surface area contributed by atoms with Crippen LogP contribution in [0.15, 0.2) is 36.4 Å². The van der Waals surface area contributed by atoms with E-state index < -0.39 is 0 Å². The van der Waals surface area contributed by atoms with Gasteiger partial charge >= 0.3 is 0 Å². The molecule has 0 spiro atoms. The Morgan fingerprint density at radius 3 is 1.61 bits per heavy atom. The molecule has 0 amide bonds. The van der Waals surface area contributed by atoms with Crippen LogP contribution in [-0.2, 0) is 0 Å². The average Bonchev–Trinajstić information content (AvgIpc) is 2.34. The lowest BCUT2D eigenvalue weighted by atomic mass is 9.95. The molecule has 3 heteroatoms. The second-order valence-corrected chi connectivity index (χ2v) is 4.48. The van der Waals surface area contributed by atoms with E-state index in [9.17, 15) is 4.79 Å². The van der Waals surface area contributed by atoms with Gasteiger partial charge in [-0.05, 0) is 49.2 Å². The Kier molecular flexibility index (Phi) is 3.06. The Bertz CT molecular complexity index is 564. The highest BCUT2D eigenvalue weighted by atomic mass is 16.1. The van der Waals surface area contributed by atoms with E-state index >= 15 is 0 Å². The summed E-state index contributed by atoms with van der Waals surface area (Å²) in [5.41, 5.74) is 15.7. The normalized spacial score (nSPS) is 10.3. The lowest BCUT2D eigenvalue weighted by Crippen LogP contribution is -2.07. The summed E-state index contributed by atoms with van der Waals surface area (Å²) in [6.07, 6.45) is 0. The van der Waals surface area contributed by atoms with Crippen LogP contribution in [0.4, 0.5) is 11.4 Å². The maximum absolute atomic E-state index is 12.5. The highest BCUT2D eigenvalue weighted by Gasteiger charge is 2.14. The van der Waals surface area contributed by atoms with E-state index in [1.54, 1.807) is 24.3 Å². The monoisotopic (exact) mass is 240 g/mol. The van der Waals surface area contributed by atoms with Crippen LogP contribution >= 0.6 is 0 Å². The number of benzene rings is 2. The van der Waals surface area contributed by atoms with Gasteiger partial charge in [0, 0.05) is 22.5 Å². The summed E-state index contributed by atoms with van der Waals surface area (Å²) in [5, 5.41) is 0. The Balaban J connectivity index is 2.54. The van der Waals surface area contributed by atoms with Gasteiger partial charge in [0.05, 0.1) is 0 Å². The van der Waals surface area contributed by atoms with Gasteiger partial charge in [0.25, 0.3) is 0 Å². The molecule has 18 heavy (non-hydrogen) atoms. The van der Waals surface area contributed by atoms with E-state index in [4.69, 9.17) is 11.5 Å². The fourth-order valence-electron chi connectivity index (χ4n) is 1.91. The van der Waals surface area contributed by atoms with Crippen LogP contribution in [0.25, 0.3) is 0 Å². The zero-order valence-electron chi connectivity index (χ0n) is 10.5. The first-order valence-electron chi connectivity index (χ1n) is 5.76. The van der Waals surface area contributed by atoms with Crippen LogP contribution in [0, 0.1) is 13.8 Å². The second-order valence-electron chi connectivity index (χ2n) is 4.48. The van der Waals surface area contributed by atoms with Crippen molar-refractivity contribution < 1.29 is 4.79 Å². The second kappa shape index (κ2) is 4.53. The van der Waals surface area contributed by atoms with Crippen molar-refractivity contribution in [2.75, 3.05) is 11.5 Å². The Labute approximate surface area is 106 Å². The molecule has 0 saturated carbocycles. The number of hydrogen-bond acceptors (Lipinski definition) is 3. The summed E-state index contributed by atoms with van der Waals surface area (Å²) in [5.74, 6) is -0.0374. The molecule has 0 heterocycles. The molecule has 0 fully saturated rings. The molecule has 2 aromatic rings. The quantitative estimate of drug-likeness (QED) is 0.626. The number of carbonyl (C=O) groups excluding carboxylic acids is 1. The molecule has 0 aliphatic rings. The lowest BCUT2D eigenvalue weighted by molar-refractivity contribution is 0.103. The third kappa shape index (κ3) is 2.20. The predicted octanol–water partition coefficient (Wildman–Crippen LogP) is 2.70. The van der Waals surface area contributed by atoms with Gasteiger partial charge in [-0.1, -0.05) is 12.1 Å². The van der Waals surface area contributed by atoms with Gasteiger partial charge in [0.2, 0.25) is 0 Å². The first kappa shape index (κ1) is 12.2. The molecular weight excluding hydrogens is 224 g/mol. The summed E-state index contributed by atoms with van der Waals surface area (Å²) in [6, 6.07) is 10.7. The molecule has 0 unspecified atom stereocenters. The number of aryl methyl sites for hydroxylation is 2. The van der Waals surface area contributed by atoms with Gasteiger partial charge in [-0.3, -0.25) is 4.79 Å². The Hall–Kier alpha value is -2.29. The van der Waals surface area contributed by atoms with Crippen molar-refractivity contribution in [2.24, 2.45) is 0 Å². The van der Waals surface area contributed by atoms with E-state index in [2.05, 4.69) is 0 Å². The predicted molar refractivity (Wildman–Crippen MR) is 74.6 cm³/mol. The molecule has 0 aliphatic carbocycles. The van der Waals surface area contributed by atoms with Gasteiger partial charge in [-0.25, -0.2) is 0 Å². The fraction of sp³-hybridized carbons (Fsp3) is 0.133. The van der Waals surface area contributed by atoms with Gasteiger partial charge in [-0.15, -0.1) is 0 Å². The smallest absolute Gasteiger partial charge is 0.193 e. The molecule has 0 radical (unpaired) electrons. The van der Waals surface area contributed by atoms with Crippen molar-refractivity contribution in [2.45, 2.75) is 13.8 Å². The third-order valence-corrected chi connectivity index (χ3v) is 3.01. The standard InChI is InChI=1S/C15H16N2O/c1-9-3-5-11(16)7-13(9)15(18)14-8-12(17)6-4-10(14)2/h3-8H,16-17H2,1-2H3. The van der Waals surface area contributed by atoms with Crippen LogP contribution in [0.3, 0.4) is 0 Å². The van der Waals surface area contributed by atoms with Gasteiger partial charge in [-0.2, -0.15) is 0 Å². The van der Waals surface area contributed by atoms with E-state index in [1.807, 2.05) is 26.0 Å². The van der Waals surface area contributed by atoms with Crippen molar-refractivity contribution in [3.63, 3.8) is 0 Å². The molecule has 0 aliphatic heterocycles. The Morgan fingerprint density at radius 1 is 0.833 bits per heavy atom. The molecule has 0 saturated heterocycles. The summed E-state index contributed by atoms with van der Waals surface area (Å²) in [4.78, 5) is 12.5. The molecule has 0 atom stereocenters. The molecule has 0 aromatic heterocycles. The molecular formula is C15H16N2O. The van der Waals surface area contributed by atoms with Gasteiger partial charge in [0.1, 0.15) is 0 Å². The molecule has 2 rings (SSSR count). The minimum atomic E-state index is -0.0374. The molecule has 4 N–H and O–H groups in total. The minimum Gasteiger partial charge on any atom is -0.399 e. The molecule has 92 valence electrons. The number of ketones is 1. The third-order valence-electron chi connectivity index (χ3n) is 3.01. The van der Waals surface area contributed by atoms with Gasteiger partial charge in [0.15, 0.2) is 5.78 Å². The highest BCUT2D eigenvalue weighted by molar-refractivity contribution is 6.11. The Morgan fingerprint density at radius 2 is 1.22 bits per heavy atom. The molecule has 3 nitrogen and oxygen atoms in total. The fourth-order valence-corrected chi connectivity index (χ4v) is 1.91. The van der Waals surface area contributed by atoms with Crippen LogP contribution < -0.4 is 11.5 Å². The van der Waals surface area contributed by atoms with Crippen molar-refractivity contribution in [3.8, 4) is 0 Å². The maximum atomic E-state index is 12.5. The first-order valence-corrected chi connectivity index (χ1v) is 5.76. The van der Waals surface area contributed by atoms with Crippen molar-refractivity contribution in [3.05, 3.63) is 58.7 Å². The van der Waals surface area contributed by atoms with Crippen molar-refractivity contribution in [1.29, 1.82) is 0 Å². The van der Waals surface area contributed by atoms with E-state index in [0.29, 0.717) is 22.5 Å². The van der Waals surface area contributed by atoms with Crippen LogP contribution in [0.5, 0.6) is 0 Å². The van der Waals surface area contributed by atoms with E-state index in [-0.39, 0.29) is 5.78 Å². The zero-order chi connectivity index (χ0) is 13.3. The van der Waals surface area contributed by atoms with Crippen molar-refractivity contribution >= 4 is 17.2 Å². The molecule has 2 aromatic carbocycles. The average molecular weight is 240 g/mol. The van der Waals surface area contributed by atoms with Crippen molar-refractivity contribution in [1.82, 2.24) is 0 Å². The minimum absolute atomic E-state index is 0.0374. The summed E-state index contributed by atoms with van der Waals surface area (Å²) < 4.78 is 0.